The average Bonchev–Trinajstić information content (AvgIpc) is 2.47. The largest absolute Gasteiger partial charge is 0.496 e. The van der Waals surface area contributed by atoms with Gasteiger partial charge in [0.15, 0.2) is 5.78 Å². The van der Waals surface area contributed by atoms with Crippen molar-refractivity contribution in [3.05, 3.63) is 59.4 Å². The number of benzene rings is 1. The summed E-state index contributed by atoms with van der Waals surface area (Å²) in [6.07, 6.45) is 2.78. The maximum atomic E-state index is 12.3. The molecule has 1 heterocycles. The summed E-state index contributed by atoms with van der Waals surface area (Å²) in [5.74, 6) is 0.770. The Hall–Kier alpha value is -2.16. The van der Waals surface area contributed by atoms with Crippen molar-refractivity contribution in [2.45, 2.75) is 19.8 Å². The van der Waals surface area contributed by atoms with Crippen LogP contribution in [0, 0.1) is 0 Å². The molecule has 0 aliphatic rings. The highest BCUT2D eigenvalue weighted by Gasteiger charge is 2.14. The van der Waals surface area contributed by atoms with E-state index in [2.05, 4.69) is 4.98 Å². The molecule has 3 nitrogen and oxygen atoms in total. The maximum Gasteiger partial charge on any atom is 0.185 e. The van der Waals surface area contributed by atoms with E-state index in [0.717, 1.165) is 23.3 Å². The van der Waals surface area contributed by atoms with Crippen molar-refractivity contribution in [2.24, 2.45) is 0 Å². The molecule has 98 valence electrons. The first-order valence-electron chi connectivity index (χ1n) is 6.35. The van der Waals surface area contributed by atoms with Gasteiger partial charge < -0.3 is 4.74 Å². The second kappa shape index (κ2) is 6.14. The molecule has 0 saturated heterocycles. The zero-order valence-electron chi connectivity index (χ0n) is 11.2. The number of rotatable bonds is 5. The van der Waals surface area contributed by atoms with Crippen molar-refractivity contribution < 1.29 is 9.53 Å². The van der Waals surface area contributed by atoms with Gasteiger partial charge in [0.05, 0.1) is 7.11 Å². The summed E-state index contributed by atoms with van der Waals surface area (Å²) in [5, 5.41) is 0. The number of aromatic nitrogens is 1. The third kappa shape index (κ3) is 2.99. The minimum absolute atomic E-state index is 0.0296. The predicted octanol–water partition coefficient (Wildman–Crippen LogP) is 3.08. The number of hydrogen-bond acceptors (Lipinski definition) is 3. The highest BCUT2D eigenvalue weighted by atomic mass is 16.5. The number of pyridine rings is 1. The van der Waals surface area contributed by atoms with Crippen molar-refractivity contribution in [1.82, 2.24) is 4.98 Å². The van der Waals surface area contributed by atoms with E-state index >= 15 is 0 Å². The number of methoxy groups -OCH3 is 1. The second-order valence-corrected chi connectivity index (χ2v) is 4.28. The number of Topliss-reactive ketones (excluding diaryl/α,β-unsaturated/α-hetero) is 1. The molecule has 0 aliphatic heterocycles. The third-order valence-electron chi connectivity index (χ3n) is 3.08. The van der Waals surface area contributed by atoms with Crippen LogP contribution in [-0.4, -0.2) is 17.9 Å². The Morgan fingerprint density at radius 1 is 1.16 bits per heavy atom. The van der Waals surface area contributed by atoms with Crippen molar-refractivity contribution in [3.63, 3.8) is 0 Å². The quantitative estimate of drug-likeness (QED) is 0.771. The smallest absolute Gasteiger partial charge is 0.185 e. The summed E-state index contributed by atoms with van der Waals surface area (Å²) in [4.78, 5) is 16.6. The summed E-state index contributed by atoms with van der Waals surface area (Å²) in [6, 6.07) is 11.4. The summed E-state index contributed by atoms with van der Waals surface area (Å²) in [6.45, 7) is 2.02. The zero-order valence-corrected chi connectivity index (χ0v) is 11.2. The van der Waals surface area contributed by atoms with Gasteiger partial charge in [-0.3, -0.25) is 9.78 Å². The molecule has 0 unspecified atom stereocenters. The van der Waals surface area contributed by atoms with Gasteiger partial charge in [-0.1, -0.05) is 31.2 Å². The number of aryl methyl sites for hydroxylation is 1. The Bertz CT molecular complexity index is 578. The number of nitrogens with zero attached hydrogens (tertiary/aromatic N) is 1. The van der Waals surface area contributed by atoms with Crippen molar-refractivity contribution >= 4 is 5.78 Å². The minimum atomic E-state index is 0.0296. The number of ether oxygens (including phenoxy) is 1. The number of para-hydroxylation sites is 1. The van der Waals surface area contributed by atoms with Crippen LogP contribution in [0.3, 0.4) is 0 Å². The lowest BCUT2D eigenvalue weighted by molar-refractivity contribution is 0.0986. The van der Waals surface area contributed by atoms with Crippen LogP contribution in [0.1, 0.15) is 28.5 Å². The molecule has 3 heteroatoms. The van der Waals surface area contributed by atoms with Gasteiger partial charge in [-0.2, -0.15) is 0 Å². The van der Waals surface area contributed by atoms with Crippen LogP contribution >= 0.6 is 0 Å². The van der Waals surface area contributed by atoms with E-state index in [0.29, 0.717) is 12.1 Å². The second-order valence-electron chi connectivity index (χ2n) is 4.28. The molecule has 0 aliphatic carbocycles. The highest BCUT2D eigenvalue weighted by molar-refractivity contribution is 5.97. The van der Waals surface area contributed by atoms with Gasteiger partial charge in [0.2, 0.25) is 0 Å². The van der Waals surface area contributed by atoms with Gasteiger partial charge in [-0.05, 0) is 24.1 Å². The van der Waals surface area contributed by atoms with Gasteiger partial charge >= 0.3 is 0 Å². The van der Waals surface area contributed by atoms with Gasteiger partial charge in [-0.15, -0.1) is 0 Å². The third-order valence-corrected chi connectivity index (χ3v) is 3.08. The molecule has 0 spiro atoms. The van der Waals surface area contributed by atoms with Crippen molar-refractivity contribution in [2.75, 3.05) is 7.11 Å². The Morgan fingerprint density at radius 2 is 1.89 bits per heavy atom. The standard InChI is InChI=1S/C16H17NO2/c1-3-12-8-6-10-17-16(12)14(18)11-13-7-4-5-9-15(13)19-2/h4-10H,3,11H2,1-2H3. The van der Waals surface area contributed by atoms with E-state index in [9.17, 15) is 4.79 Å². The zero-order chi connectivity index (χ0) is 13.7. The van der Waals surface area contributed by atoms with Crippen molar-refractivity contribution in [1.29, 1.82) is 0 Å². The fraction of sp³-hybridized carbons (Fsp3) is 0.250. The van der Waals surface area contributed by atoms with Gasteiger partial charge in [0.1, 0.15) is 11.4 Å². The molecule has 0 N–H and O–H groups in total. The van der Waals surface area contributed by atoms with Crippen LogP contribution in [0.25, 0.3) is 0 Å². The first kappa shape index (κ1) is 13.3. The molecule has 19 heavy (non-hydrogen) atoms. The summed E-state index contributed by atoms with van der Waals surface area (Å²) >= 11 is 0. The minimum Gasteiger partial charge on any atom is -0.496 e. The van der Waals surface area contributed by atoms with Crippen LogP contribution in [0.5, 0.6) is 5.75 Å². The topological polar surface area (TPSA) is 39.2 Å². The highest BCUT2D eigenvalue weighted by Crippen LogP contribution is 2.20. The van der Waals surface area contributed by atoms with Crippen LogP contribution < -0.4 is 4.74 Å². The van der Waals surface area contributed by atoms with Crippen LogP contribution in [-0.2, 0) is 12.8 Å². The summed E-state index contributed by atoms with van der Waals surface area (Å²) in [7, 11) is 1.61. The van der Waals surface area contributed by atoms with Gasteiger partial charge in [0.25, 0.3) is 0 Å². The Balaban J connectivity index is 2.26. The molecule has 2 rings (SSSR count). The normalized spacial score (nSPS) is 10.2. The molecule has 1 aromatic heterocycles. The van der Waals surface area contributed by atoms with E-state index in [1.807, 2.05) is 43.3 Å². The SMILES string of the molecule is CCc1cccnc1C(=O)Cc1ccccc1OC. The maximum absolute atomic E-state index is 12.3. The lowest BCUT2D eigenvalue weighted by Gasteiger charge is -2.09. The van der Waals surface area contributed by atoms with E-state index in [1.165, 1.54) is 0 Å². The van der Waals surface area contributed by atoms with E-state index in [4.69, 9.17) is 4.74 Å². The monoisotopic (exact) mass is 255 g/mol. The molecule has 0 bridgehead atoms. The summed E-state index contributed by atoms with van der Waals surface area (Å²) in [5.41, 5.74) is 2.45. The first-order valence-corrected chi connectivity index (χ1v) is 6.35. The number of hydrogen-bond donors (Lipinski definition) is 0. The summed E-state index contributed by atoms with van der Waals surface area (Å²) < 4.78 is 5.27. The fourth-order valence-electron chi connectivity index (χ4n) is 2.08. The lowest BCUT2D eigenvalue weighted by Crippen LogP contribution is -2.10. The van der Waals surface area contributed by atoms with Gasteiger partial charge in [-0.25, -0.2) is 0 Å². The van der Waals surface area contributed by atoms with Crippen molar-refractivity contribution in [3.8, 4) is 5.75 Å². The number of carbonyl (C=O) groups is 1. The Kier molecular flexibility index (Phi) is 4.29. The fourth-order valence-corrected chi connectivity index (χ4v) is 2.08. The number of ketones is 1. The van der Waals surface area contributed by atoms with E-state index < -0.39 is 0 Å². The molecular weight excluding hydrogens is 238 g/mol. The van der Waals surface area contributed by atoms with Crippen LogP contribution in [0.2, 0.25) is 0 Å². The molecule has 2 aromatic rings. The molecule has 0 amide bonds. The molecular formula is C16H17NO2. The molecule has 0 atom stereocenters. The Labute approximate surface area is 113 Å². The molecule has 0 fully saturated rings. The van der Waals surface area contributed by atoms with Gasteiger partial charge in [0, 0.05) is 18.2 Å². The van der Waals surface area contributed by atoms with E-state index in [-0.39, 0.29) is 5.78 Å². The van der Waals surface area contributed by atoms with Crippen LogP contribution in [0.4, 0.5) is 0 Å². The molecule has 1 aromatic carbocycles. The van der Waals surface area contributed by atoms with E-state index in [1.54, 1.807) is 13.3 Å². The van der Waals surface area contributed by atoms with Crippen LogP contribution in [0.15, 0.2) is 42.6 Å². The lowest BCUT2D eigenvalue weighted by atomic mass is 10.0. The molecule has 0 radical (unpaired) electrons. The number of carbonyl (C=O) groups excluding carboxylic acids is 1. The Morgan fingerprint density at radius 3 is 2.63 bits per heavy atom. The predicted molar refractivity (Wildman–Crippen MR) is 74.6 cm³/mol. The first-order chi connectivity index (χ1) is 9.26. The average molecular weight is 255 g/mol. The molecule has 0 saturated carbocycles.